The van der Waals surface area contributed by atoms with Gasteiger partial charge in [-0.25, -0.2) is 4.79 Å². The predicted molar refractivity (Wildman–Crippen MR) is 115 cm³/mol. The maximum Gasteiger partial charge on any atom is 0.416 e. The Morgan fingerprint density at radius 2 is 1.61 bits per heavy atom. The molecule has 3 aromatic heterocycles. The van der Waals surface area contributed by atoms with Gasteiger partial charge in [0.1, 0.15) is 6.33 Å². The normalized spacial score (nSPS) is 12.8. The molecule has 186 valence electrons. The predicted octanol–water partition coefficient (Wildman–Crippen LogP) is 3.81. The summed E-state index contributed by atoms with van der Waals surface area (Å²) in [7, 11) is 0. The van der Waals surface area contributed by atoms with E-state index in [4.69, 9.17) is 5.73 Å². The fourth-order valence-electron chi connectivity index (χ4n) is 3.32. The van der Waals surface area contributed by atoms with Gasteiger partial charge < -0.3 is 5.73 Å². The number of nitrogens with two attached hydrogens (primary N) is 1. The molecule has 14 heteroatoms. The largest absolute Gasteiger partial charge is 0.416 e. The Balaban J connectivity index is 1.83. The highest BCUT2D eigenvalue weighted by Gasteiger charge is 2.37. The van der Waals surface area contributed by atoms with Gasteiger partial charge in [0.05, 0.1) is 33.4 Å². The number of halogens is 6. The van der Waals surface area contributed by atoms with Crippen molar-refractivity contribution in [3.63, 3.8) is 0 Å². The highest BCUT2D eigenvalue weighted by Crippen LogP contribution is 2.36. The van der Waals surface area contributed by atoms with E-state index in [1.54, 1.807) is 19.1 Å². The Labute approximate surface area is 197 Å². The Morgan fingerprint density at radius 3 is 2.19 bits per heavy atom. The van der Waals surface area contributed by atoms with Crippen LogP contribution in [0.3, 0.4) is 0 Å². The summed E-state index contributed by atoms with van der Waals surface area (Å²) >= 11 is 0. The van der Waals surface area contributed by atoms with Gasteiger partial charge in [0.2, 0.25) is 0 Å². The molecular formula is C22H14F6N6O2. The van der Waals surface area contributed by atoms with Gasteiger partial charge >= 0.3 is 18.0 Å². The number of aryl methyl sites for hydroxylation is 1. The number of aromatic nitrogens is 5. The average Bonchev–Trinajstić information content (AvgIpc) is 3.15. The van der Waals surface area contributed by atoms with E-state index in [0.717, 1.165) is 12.5 Å². The van der Waals surface area contributed by atoms with Crippen molar-refractivity contribution in [1.82, 2.24) is 24.3 Å². The van der Waals surface area contributed by atoms with E-state index in [1.165, 1.54) is 12.3 Å². The van der Waals surface area contributed by atoms with Crippen molar-refractivity contribution in [3.8, 4) is 5.69 Å². The van der Waals surface area contributed by atoms with Crippen LogP contribution in [0.15, 0.2) is 53.7 Å². The summed E-state index contributed by atoms with van der Waals surface area (Å²) in [6.07, 6.45) is -7.16. The average molecular weight is 508 g/mol. The van der Waals surface area contributed by atoms with E-state index in [9.17, 15) is 35.9 Å². The van der Waals surface area contributed by atoms with E-state index in [1.807, 2.05) is 0 Å². The number of fused-ring (bicyclic) bond motifs is 1. The molecule has 1 aromatic carbocycles. The Hall–Kier alpha value is -4.49. The van der Waals surface area contributed by atoms with Crippen LogP contribution < -0.4 is 11.4 Å². The summed E-state index contributed by atoms with van der Waals surface area (Å²) in [5, 5.41) is 3.61. The third-order valence-electron chi connectivity index (χ3n) is 5.03. The summed E-state index contributed by atoms with van der Waals surface area (Å²) in [4.78, 5) is 33.4. The van der Waals surface area contributed by atoms with Crippen LogP contribution in [0.5, 0.6) is 0 Å². The monoisotopic (exact) mass is 508 g/mol. The number of carbonyl (C=O) groups excluding carboxylic acids is 1. The smallest absolute Gasteiger partial charge is 0.366 e. The molecule has 0 spiro atoms. The molecule has 0 saturated heterocycles. The van der Waals surface area contributed by atoms with E-state index in [0.29, 0.717) is 38.1 Å². The maximum atomic E-state index is 13.2. The summed E-state index contributed by atoms with van der Waals surface area (Å²) in [5.41, 5.74) is 1.84. The second kappa shape index (κ2) is 8.62. The zero-order valence-electron chi connectivity index (χ0n) is 18.1. The third kappa shape index (κ3) is 4.82. The van der Waals surface area contributed by atoms with Crippen LogP contribution >= 0.6 is 0 Å². The molecule has 0 saturated carbocycles. The lowest BCUT2D eigenvalue weighted by Crippen LogP contribution is -2.23. The molecule has 0 fully saturated rings. The lowest BCUT2D eigenvalue weighted by atomic mass is 10.1. The van der Waals surface area contributed by atoms with Crippen molar-refractivity contribution in [2.45, 2.75) is 19.3 Å². The van der Waals surface area contributed by atoms with Gasteiger partial charge in [0.15, 0.2) is 0 Å². The molecule has 1 amide bonds. The van der Waals surface area contributed by atoms with Crippen LogP contribution in [-0.4, -0.2) is 30.2 Å². The zero-order valence-corrected chi connectivity index (χ0v) is 18.1. The summed E-state index contributed by atoms with van der Waals surface area (Å²) in [6, 6.07) is 5.56. The SMILES string of the molecule is Cc1ccc2ncc(/C(=C\n3cnn(-c4cc(C(F)(F)F)cc(C(F)(F)F)c4)c3=O)C(N)=O)cc2n1. The highest BCUT2D eigenvalue weighted by atomic mass is 19.4. The molecule has 0 aliphatic carbocycles. The molecule has 8 nitrogen and oxygen atoms in total. The summed E-state index contributed by atoms with van der Waals surface area (Å²) < 4.78 is 80.2. The standard InChI is InChI=1S/C22H14F6N6O2/c1-11-2-3-17-18(32-11)4-12(8-30-17)16(19(29)35)9-33-10-31-34(20(33)36)15-6-13(21(23,24)25)5-14(7-15)22(26,27)28/h2-10H,1H3,(H2,29,35)/b16-9+. The molecule has 36 heavy (non-hydrogen) atoms. The molecule has 4 aromatic rings. The lowest BCUT2D eigenvalue weighted by molar-refractivity contribution is -0.143. The Morgan fingerprint density at radius 1 is 0.972 bits per heavy atom. The molecule has 4 rings (SSSR count). The van der Waals surface area contributed by atoms with Crippen molar-refractivity contribution in [2.24, 2.45) is 5.73 Å². The van der Waals surface area contributed by atoms with E-state index >= 15 is 0 Å². The topological polar surface area (TPSA) is 109 Å². The number of rotatable bonds is 4. The summed E-state index contributed by atoms with van der Waals surface area (Å²) in [6.45, 7) is 1.74. The quantitative estimate of drug-likeness (QED) is 0.333. The number of alkyl halides is 6. The molecule has 3 heterocycles. The number of primary amides is 1. The van der Waals surface area contributed by atoms with Gasteiger partial charge in [0.25, 0.3) is 5.91 Å². The first-order chi connectivity index (χ1) is 16.7. The van der Waals surface area contributed by atoms with Crippen LogP contribution in [0.25, 0.3) is 28.5 Å². The minimum atomic E-state index is -5.11. The fraction of sp³-hybridized carbons (Fsp3) is 0.136. The van der Waals surface area contributed by atoms with Crippen LogP contribution in [0.4, 0.5) is 26.3 Å². The summed E-state index contributed by atoms with van der Waals surface area (Å²) in [5.74, 6) is -0.984. The van der Waals surface area contributed by atoms with Crippen molar-refractivity contribution < 1.29 is 31.1 Å². The molecule has 0 bridgehead atoms. The van der Waals surface area contributed by atoms with Crippen molar-refractivity contribution in [3.05, 3.63) is 81.8 Å². The van der Waals surface area contributed by atoms with Gasteiger partial charge in [-0.15, -0.1) is 0 Å². The molecule has 0 unspecified atom stereocenters. The van der Waals surface area contributed by atoms with Crippen LogP contribution in [0.1, 0.15) is 22.4 Å². The van der Waals surface area contributed by atoms with Gasteiger partial charge in [-0.2, -0.15) is 36.1 Å². The number of carbonyl (C=O) groups is 1. The zero-order chi connectivity index (χ0) is 26.4. The maximum absolute atomic E-state index is 13.2. The van der Waals surface area contributed by atoms with Crippen LogP contribution in [0, 0.1) is 6.92 Å². The molecule has 0 aliphatic rings. The minimum absolute atomic E-state index is 0.0703. The van der Waals surface area contributed by atoms with Gasteiger partial charge in [0, 0.05) is 23.7 Å². The second-order valence-corrected chi connectivity index (χ2v) is 7.62. The minimum Gasteiger partial charge on any atom is -0.366 e. The number of pyridine rings is 2. The second-order valence-electron chi connectivity index (χ2n) is 7.62. The number of hydrogen-bond donors (Lipinski definition) is 1. The van der Waals surface area contributed by atoms with Crippen molar-refractivity contribution >= 4 is 28.7 Å². The first-order valence-electron chi connectivity index (χ1n) is 9.95. The van der Waals surface area contributed by atoms with E-state index in [2.05, 4.69) is 15.1 Å². The molecule has 0 radical (unpaired) electrons. The number of benzene rings is 1. The first kappa shape index (κ1) is 24.6. The van der Waals surface area contributed by atoms with Gasteiger partial charge in [-0.1, -0.05) is 0 Å². The van der Waals surface area contributed by atoms with Gasteiger partial charge in [-0.3, -0.25) is 19.3 Å². The third-order valence-corrected chi connectivity index (χ3v) is 5.03. The molecule has 2 N–H and O–H groups in total. The molecule has 0 aliphatic heterocycles. The number of hydrogen-bond acceptors (Lipinski definition) is 5. The van der Waals surface area contributed by atoms with E-state index < -0.39 is 40.8 Å². The number of amides is 1. The Kier molecular flexibility index (Phi) is 5.90. The van der Waals surface area contributed by atoms with E-state index in [-0.39, 0.29) is 17.2 Å². The highest BCUT2D eigenvalue weighted by molar-refractivity contribution is 6.22. The molecule has 0 atom stereocenters. The van der Waals surface area contributed by atoms with Gasteiger partial charge in [-0.05, 0) is 43.3 Å². The van der Waals surface area contributed by atoms with Crippen molar-refractivity contribution in [2.75, 3.05) is 0 Å². The molecular weight excluding hydrogens is 494 g/mol. The number of nitrogens with zero attached hydrogens (tertiary/aromatic N) is 5. The lowest BCUT2D eigenvalue weighted by Gasteiger charge is -2.13. The van der Waals surface area contributed by atoms with Crippen LogP contribution in [-0.2, 0) is 17.1 Å². The van der Waals surface area contributed by atoms with Crippen molar-refractivity contribution in [1.29, 1.82) is 0 Å². The Bertz CT molecular complexity index is 1550. The first-order valence-corrected chi connectivity index (χ1v) is 9.95. The van der Waals surface area contributed by atoms with Crippen LogP contribution in [0.2, 0.25) is 0 Å². The fourth-order valence-corrected chi connectivity index (χ4v) is 3.32.